The molecule has 7 heteroatoms. The highest BCUT2D eigenvalue weighted by Gasteiger charge is 2.29. The number of rotatable bonds is 7. The minimum absolute atomic E-state index is 0.116. The molecule has 3 aromatic carbocycles. The zero-order chi connectivity index (χ0) is 24.3. The molecule has 0 aliphatic carbocycles. The first-order valence-electron chi connectivity index (χ1n) is 10.7. The Labute approximate surface area is 201 Å². The minimum atomic E-state index is -3.98. The first-order valence-corrected chi connectivity index (χ1v) is 12.5. The predicted octanol–water partition coefficient (Wildman–Crippen LogP) is 5.65. The number of aryl methyl sites for hydroxylation is 4. The summed E-state index contributed by atoms with van der Waals surface area (Å²) in [5.74, 6) is -0.394. The number of amides is 1. The lowest BCUT2D eigenvalue weighted by atomic mass is 9.96. The SMILES string of the molecule is Cc1cc(C)c([C@H](C)NC(=O)CN(c2ccc(Cl)cc2C)S(=O)(=O)c2ccccc2)cc1C. The number of anilines is 1. The highest BCUT2D eigenvalue weighted by atomic mass is 35.5. The summed E-state index contributed by atoms with van der Waals surface area (Å²) >= 11 is 6.09. The number of carbonyl (C=O) groups excluding carboxylic acids is 1. The van der Waals surface area contributed by atoms with Crippen molar-refractivity contribution in [1.29, 1.82) is 0 Å². The Morgan fingerprint density at radius 2 is 1.55 bits per heavy atom. The molecule has 0 saturated carbocycles. The largest absolute Gasteiger partial charge is 0.348 e. The monoisotopic (exact) mass is 484 g/mol. The maximum absolute atomic E-state index is 13.5. The van der Waals surface area contributed by atoms with Gasteiger partial charge >= 0.3 is 0 Å². The summed E-state index contributed by atoms with van der Waals surface area (Å²) in [6.07, 6.45) is 0. The fourth-order valence-electron chi connectivity index (χ4n) is 3.86. The molecule has 0 aliphatic heterocycles. The van der Waals surface area contributed by atoms with Crippen molar-refractivity contribution in [2.45, 2.75) is 45.6 Å². The molecule has 174 valence electrons. The van der Waals surface area contributed by atoms with Gasteiger partial charge in [-0.05, 0) is 92.8 Å². The third kappa shape index (κ3) is 5.57. The van der Waals surface area contributed by atoms with E-state index in [9.17, 15) is 13.2 Å². The average molecular weight is 485 g/mol. The highest BCUT2D eigenvalue weighted by molar-refractivity contribution is 7.92. The van der Waals surface area contributed by atoms with Crippen molar-refractivity contribution in [3.8, 4) is 0 Å². The van der Waals surface area contributed by atoms with Crippen molar-refractivity contribution in [1.82, 2.24) is 5.32 Å². The van der Waals surface area contributed by atoms with Crippen molar-refractivity contribution in [3.63, 3.8) is 0 Å². The molecule has 1 N–H and O–H groups in total. The van der Waals surface area contributed by atoms with Crippen LogP contribution in [0.1, 0.15) is 40.8 Å². The van der Waals surface area contributed by atoms with Gasteiger partial charge in [-0.25, -0.2) is 8.42 Å². The van der Waals surface area contributed by atoms with Crippen LogP contribution in [-0.4, -0.2) is 20.9 Å². The van der Waals surface area contributed by atoms with Crippen LogP contribution in [0, 0.1) is 27.7 Å². The first-order chi connectivity index (χ1) is 15.5. The Morgan fingerprint density at radius 1 is 0.909 bits per heavy atom. The van der Waals surface area contributed by atoms with Crippen molar-refractivity contribution in [2.75, 3.05) is 10.8 Å². The van der Waals surface area contributed by atoms with Gasteiger partial charge in [-0.15, -0.1) is 0 Å². The van der Waals surface area contributed by atoms with Gasteiger partial charge in [0.15, 0.2) is 0 Å². The van der Waals surface area contributed by atoms with E-state index in [4.69, 9.17) is 11.6 Å². The number of carbonyl (C=O) groups is 1. The molecule has 3 rings (SSSR count). The Hall–Kier alpha value is -2.83. The number of nitrogens with one attached hydrogen (secondary N) is 1. The topological polar surface area (TPSA) is 66.5 Å². The summed E-state index contributed by atoms with van der Waals surface area (Å²) in [7, 11) is -3.98. The summed E-state index contributed by atoms with van der Waals surface area (Å²) in [6.45, 7) is 9.41. The second-order valence-corrected chi connectivity index (χ2v) is 10.6. The van der Waals surface area contributed by atoms with Gasteiger partial charge in [0.2, 0.25) is 5.91 Å². The predicted molar refractivity (Wildman–Crippen MR) is 134 cm³/mol. The van der Waals surface area contributed by atoms with E-state index in [1.165, 1.54) is 17.7 Å². The van der Waals surface area contributed by atoms with Gasteiger partial charge in [-0.1, -0.05) is 41.9 Å². The third-order valence-electron chi connectivity index (χ3n) is 5.77. The molecule has 1 amide bonds. The van der Waals surface area contributed by atoms with Gasteiger partial charge in [0.05, 0.1) is 16.6 Å². The molecule has 0 fully saturated rings. The van der Waals surface area contributed by atoms with E-state index >= 15 is 0 Å². The van der Waals surface area contributed by atoms with Crippen LogP contribution in [0.25, 0.3) is 0 Å². The molecule has 0 saturated heterocycles. The Bertz CT molecular complexity index is 1270. The van der Waals surface area contributed by atoms with E-state index in [2.05, 4.69) is 24.4 Å². The van der Waals surface area contributed by atoms with E-state index in [1.54, 1.807) is 43.3 Å². The maximum Gasteiger partial charge on any atom is 0.264 e. The zero-order valence-electron chi connectivity index (χ0n) is 19.5. The number of nitrogens with zero attached hydrogens (tertiary/aromatic N) is 1. The van der Waals surface area contributed by atoms with Crippen molar-refractivity contribution >= 4 is 33.2 Å². The van der Waals surface area contributed by atoms with Crippen LogP contribution in [0.5, 0.6) is 0 Å². The molecule has 33 heavy (non-hydrogen) atoms. The molecule has 0 heterocycles. The Balaban J connectivity index is 1.93. The number of halogens is 1. The summed E-state index contributed by atoms with van der Waals surface area (Å²) in [5.41, 5.74) is 5.48. The average Bonchev–Trinajstić information content (AvgIpc) is 2.75. The van der Waals surface area contributed by atoms with Gasteiger partial charge in [0.25, 0.3) is 10.0 Å². The molecule has 0 aliphatic rings. The second-order valence-electron chi connectivity index (χ2n) is 8.34. The normalized spacial score (nSPS) is 12.3. The molecule has 3 aromatic rings. The van der Waals surface area contributed by atoms with E-state index in [0.717, 1.165) is 21.0 Å². The number of sulfonamides is 1. The fraction of sp³-hybridized carbons (Fsp3) is 0.269. The first kappa shape index (κ1) is 24.8. The van der Waals surface area contributed by atoms with Crippen LogP contribution in [0.15, 0.2) is 65.6 Å². The van der Waals surface area contributed by atoms with Crippen molar-refractivity contribution in [2.24, 2.45) is 0 Å². The zero-order valence-corrected chi connectivity index (χ0v) is 21.1. The lowest BCUT2D eigenvalue weighted by Crippen LogP contribution is -2.42. The van der Waals surface area contributed by atoms with E-state index in [0.29, 0.717) is 16.3 Å². The standard InChI is InChI=1S/C26H29ClN2O3S/c1-17-13-19(3)24(15-18(17)2)21(5)28-26(30)16-29(25-12-11-22(27)14-20(25)4)33(31,32)23-9-7-6-8-10-23/h6-15,21H,16H2,1-5H3,(H,28,30)/t21-/m0/s1. The van der Waals surface area contributed by atoms with Crippen molar-refractivity contribution < 1.29 is 13.2 Å². The molecular weight excluding hydrogens is 456 g/mol. The summed E-state index contributed by atoms with van der Waals surface area (Å²) in [5, 5.41) is 3.46. The molecule has 0 aromatic heterocycles. The summed E-state index contributed by atoms with van der Waals surface area (Å²) in [6, 6.07) is 16.9. The Kier molecular flexibility index (Phi) is 7.50. The van der Waals surface area contributed by atoms with Crippen LogP contribution in [0.4, 0.5) is 5.69 Å². The van der Waals surface area contributed by atoms with Gasteiger partial charge in [0.1, 0.15) is 6.54 Å². The molecule has 0 spiro atoms. The highest BCUT2D eigenvalue weighted by Crippen LogP contribution is 2.29. The van der Waals surface area contributed by atoms with Gasteiger partial charge < -0.3 is 5.32 Å². The number of hydrogen-bond acceptors (Lipinski definition) is 3. The molecule has 5 nitrogen and oxygen atoms in total. The van der Waals surface area contributed by atoms with Crippen LogP contribution in [0.3, 0.4) is 0 Å². The van der Waals surface area contributed by atoms with E-state index in [1.807, 2.05) is 20.8 Å². The maximum atomic E-state index is 13.5. The number of hydrogen-bond donors (Lipinski definition) is 1. The van der Waals surface area contributed by atoms with Crippen LogP contribution in [-0.2, 0) is 14.8 Å². The second kappa shape index (κ2) is 9.98. The quantitative estimate of drug-likeness (QED) is 0.471. The lowest BCUT2D eigenvalue weighted by Gasteiger charge is -2.27. The summed E-state index contributed by atoms with van der Waals surface area (Å²) < 4.78 is 28.2. The smallest absolute Gasteiger partial charge is 0.264 e. The third-order valence-corrected chi connectivity index (χ3v) is 7.78. The number of benzene rings is 3. The minimum Gasteiger partial charge on any atom is -0.348 e. The van der Waals surface area contributed by atoms with Gasteiger partial charge in [-0.3, -0.25) is 9.10 Å². The fourth-order valence-corrected chi connectivity index (χ4v) is 5.60. The molecule has 0 bridgehead atoms. The van der Waals surface area contributed by atoms with Gasteiger partial charge in [-0.2, -0.15) is 0 Å². The van der Waals surface area contributed by atoms with E-state index < -0.39 is 15.9 Å². The molecule has 1 atom stereocenters. The molecule has 0 unspecified atom stereocenters. The van der Waals surface area contributed by atoms with Gasteiger partial charge in [0, 0.05) is 5.02 Å². The van der Waals surface area contributed by atoms with Crippen LogP contribution < -0.4 is 9.62 Å². The van der Waals surface area contributed by atoms with Crippen LogP contribution >= 0.6 is 11.6 Å². The molecular formula is C26H29ClN2O3S. The van der Waals surface area contributed by atoms with E-state index in [-0.39, 0.29) is 17.5 Å². The van der Waals surface area contributed by atoms with Crippen molar-refractivity contribution in [3.05, 3.63) is 93.5 Å². The lowest BCUT2D eigenvalue weighted by molar-refractivity contribution is -0.120. The van der Waals surface area contributed by atoms with Crippen LogP contribution in [0.2, 0.25) is 5.02 Å². The summed E-state index contributed by atoms with van der Waals surface area (Å²) in [4.78, 5) is 13.2. The molecule has 0 radical (unpaired) electrons. The Morgan fingerprint density at radius 3 is 2.18 bits per heavy atom.